The molecule has 0 aliphatic carbocycles. The molecule has 0 bridgehead atoms. The zero-order valence-corrected chi connectivity index (χ0v) is 16.9. The van der Waals surface area contributed by atoms with E-state index in [4.69, 9.17) is 4.74 Å². The average molecular weight is 388 g/mol. The van der Waals surface area contributed by atoms with Gasteiger partial charge in [0.15, 0.2) is 6.10 Å². The molecule has 0 N–H and O–H groups in total. The van der Waals surface area contributed by atoms with Gasteiger partial charge in [-0.3, -0.25) is 9.78 Å². The van der Waals surface area contributed by atoms with Crippen LogP contribution in [0.25, 0.3) is 10.9 Å². The van der Waals surface area contributed by atoms with Crippen molar-refractivity contribution in [3.05, 3.63) is 70.9 Å². The minimum Gasteiger partial charge on any atom is -0.449 e. The van der Waals surface area contributed by atoms with Gasteiger partial charge in [-0.25, -0.2) is 4.79 Å². The standard InChI is InChI=1S/C24H24N2O3/c1-15-10-11-21-19(13-15)20(14-16(2)25-21)24(28)29-17(3)23(27)26-12-6-8-18-7-4-5-9-22(18)26/h4-5,7,9-11,13-14,17H,6,8,12H2,1-3H3. The normalized spacial score (nSPS) is 14.4. The highest BCUT2D eigenvalue weighted by Gasteiger charge is 2.29. The number of fused-ring (bicyclic) bond motifs is 2. The molecule has 1 atom stereocenters. The number of aromatic nitrogens is 1. The molecular formula is C24H24N2O3. The zero-order valence-electron chi connectivity index (χ0n) is 16.9. The van der Waals surface area contributed by atoms with Gasteiger partial charge in [0.1, 0.15) is 0 Å². The number of carbonyl (C=O) groups is 2. The molecule has 5 heteroatoms. The number of hydrogen-bond donors (Lipinski definition) is 0. The summed E-state index contributed by atoms with van der Waals surface area (Å²) in [5.74, 6) is -0.700. The summed E-state index contributed by atoms with van der Waals surface area (Å²) >= 11 is 0. The number of anilines is 1. The summed E-state index contributed by atoms with van der Waals surface area (Å²) in [6.07, 6.45) is 0.981. The summed E-state index contributed by atoms with van der Waals surface area (Å²) < 4.78 is 5.61. The second kappa shape index (κ2) is 7.66. The third kappa shape index (κ3) is 3.73. The summed E-state index contributed by atoms with van der Waals surface area (Å²) in [5, 5.41) is 0.739. The topological polar surface area (TPSA) is 59.5 Å². The molecule has 5 nitrogen and oxygen atoms in total. The predicted molar refractivity (Wildman–Crippen MR) is 113 cm³/mol. The first-order valence-electron chi connectivity index (χ1n) is 9.92. The van der Waals surface area contributed by atoms with Crippen molar-refractivity contribution in [2.24, 2.45) is 0 Å². The number of pyridine rings is 1. The van der Waals surface area contributed by atoms with E-state index >= 15 is 0 Å². The SMILES string of the molecule is Cc1ccc2nc(C)cc(C(=O)OC(C)C(=O)N3CCCc4ccccc43)c2c1. The van der Waals surface area contributed by atoms with Crippen molar-refractivity contribution >= 4 is 28.5 Å². The van der Waals surface area contributed by atoms with E-state index in [1.54, 1.807) is 17.9 Å². The van der Waals surface area contributed by atoms with Crippen LogP contribution in [0.5, 0.6) is 0 Å². The zero-order chi connectivity index (χ0) is 20.5. The largest absolute Gasteiger partial charge is 0.449 e. The van der Waals surface area contributed by atoms with Crippen molar-refractivity contribution in [2.45, 2.75) is 39.7 Å². The Balaban J connectivity index is 1.59. The molecule has 4 rings (SSSR count). The summed E-state index contributed by atoms with van der Waals surface area (Å²) in [4.78, 5) is 32.2. The van der Waals surface area contributed by atoms with Crippen LogP contribution in [0.1, 0.15) is 40.5 Å². The molecule has 3 aromatic rings. The van der Waals surface area contributed by atoms with Gasteiger partial charge < -0.3 is 9.64 Å². The maximum atomic E-state index is 13.0. The number of aryl methyl sites for hydroxylation is 3. The quantitative estimate of drug-likeness (QED) is 0.625. The molecule has 0 saturated heterocycles. The molecule has 1 amide bonds. The Kier molecular flexibility index (Phi) is 5.05. The molecule has 148 valence electrons. The highest BCUT2D eigenvalue weighted by Crippen LogP contribution is 2.28. The van der Waals surface area contributed by atoms with Gasteiger partial charge in [0.2, 0.25) is 0 Å². The number of benzene rings is 2. The number of esters is 1. The van der Waals surface area contributed by atoms with Crippen molar-refractivity contribution < 1.29 is 14.3 Å². The van der Waals surface area contributed by atoms with Crippen molar-refractivity contribution in [3.8, 4) is 0 Å². The highest BCUT2D eigenvalue weighted by molar-refractivity contribution is 6.05. The minimum absolute atomic E-state index is 0.197. The van der Waals surface area contributed by atoms with Gasteiger partial charge in [-0.2, -0.15) is 0 Å². The molecule has 29 heavy (non-hydrogen) atoms. The van der Waals surface area contributed by atoms with Crippen LogP contribution in [-0.2, 0) is 16.0 Å². The Morgan fingerprint density at radius 1 is 1.10 bits per heavy atom. The van der Waals surface area contributed by atoms with Crippen molar-refractivity contribution in [1.82, 2.24) is 4.98 Å². The Labute approximate surface area is 170 Å². The van der Waals surface area contributed by atoms with Gasteiger partial charge in [-0.15, -0.1) is 0 Å². The first-order chi connectivity index (χ1) is 13.9. The molecule has 2 heterocycles. The van der Waals surface area contributed by atoms with Crippen LogP contribution in [0, 0.1) is 13.8 Å². The number of nitrogens with zero attached hydrogens (tertiary/aromatic N) is 2. The smallest absolute Gasteiger partial charge is 0.339 e. The van der Waals surface area contributed by atoms with E-state index in [0.717, 1.165) is 46.3 Å². The second-order valence-corrected chi connectivity index (χ2v) is 7.60. The first-order valence-corrected chi connectivity index (χ1v) is 9.92. The Hall–Kier alpha value is -3.21. The molecule has 1 unspecified atom stereocenters. The first kappa shape index (κ1) is 19.1. The summed E-state index contributed by atoms with van der Waals surface area (Å²) in [7, 11) is 0. The Morgan fingerprint density at radius 3 is 2.72 bits per heavy atom. The lowest BCUT2D eigenvalue weighted by atomic mass is 10.0. The van der Waals surface area contributed by atoms with E-state index in [9.17, 15) is 9.59 Å². The van der Waals surface area contributed by atoms with Gasteiger partial charge in [0, 0.05) is 23.3 Å². The van der Waals surface area contributed by atoms with Crippen LogP contribution >= 0.6 is 0 Å². The number of amides is 1. The number of carbonyl (C=O) groups excluding carboxylic acids is 2. The van der Waals surface area contributed by atoms with Crippen LogP contribution in [0.4, 0.5) is 5.69 Å². The van der Waals surface area contributed by atoms with Crippen molar-refractivity contribution in [1.29, 1.82) is 0 Å². The Bertz CT molecular complexity index is 1110. The summed E-state index contributed by atoms with van der Waals surface area (Å²) in [6.45, 7) is 6.08. The fourth-order valence-electron chi connectivity index (χ4n) is 3.90. The molecule has 0 fully saturated rings. The monoisotopic (exact) mass is 388 g/mol. The summed E-state index contributed by atoms with van der Waals surface area (Å²) in [6, 6.07) is 15.4. The molecular weight excluding hydrogens is 364 g/mol. The lowest BCUT2D eigenvalue weighted by Crippen LogP contribution is -2.42. The van der Waals surface area contributed by atoms with Crippen LogP contribution in [0.2, 0.25) is 0 Å². The van der Waals surface area contributed by atoms with E-state index in [2.05, 4.69) is 4.98 Å². The lowest BCUT2D eigenvalue weighted by Gasteiger charge is -2.31. The maximum absolute atomic E-state index is 13.0. The van der Waals surface area contributed by atoms with Gasteiger partial charge in [-0.1, -0.05) is 29.8 Å². The molecule has 1 aliphatic heterocycles. The fourth-order valence-corrected chi connectivity index (χ4v) is 3.90. The van der Waals surface area contributed by atoms with Crippen molar-refractivity contribution in [2.75, 3.05) is 11.4 Å². The van der Waals surface area contributed by atoms with Crippen LogP contribution in [-0.4, -0.2) is 29.5 Å². The van der Waals surface area contributed by atoms with E-state index in [1.807, 2.05) is 56.3 Å². The van der Waals surface area contributed by atoms with Crippen LogP contribution < -0.4 is 4.90 Å². The molecule has 1 aliphatic rings. The molecule has 2 aromatic carbocycles. The predicted octanol–water partition coefficient (Wildman–Crippen LogP) is 4.38. The van der Waals surface area contributed by atoms with Gasteiger partial charge in [-0.05, 0) is 63.4 Å². The lowest BCUT2D eigenvalue weighted by molar-refractivity contribution is -0.126. The second-order valence-electron chi connectivity index (χ2n) is 7.60. The van der Waals surface area contributed by atoms with Gasteiger partial charge in [0.05, 0.1) is 11.1 Å². The van der Waals surface area contributed by atoms with E-state index in [1.165, 1.54) is 0 Å². The number of hydrogen-bond acceptors (Lipinski definition) is 4. The van der Waals surface area contributed by atoms with Crippen molar-refractivity contribution in [3.63, 3.8) is 0 Å². The third-order valence-electron chi connectivity index (χ3n) is 5.32. The van der Waals surface area contributed by atoms with Gasteiger partial charge >= 0.3 is 5.97 Å². The molecule has 0 spiro atoms. The third-order valence-corrected chi connectivity index (χ3v) is 5.32. The molecule has 1 aromatic heterocycles. The number of ether oxygens (including phenoxy) is 1. The maximum Gasteiger partial charge on any atom is 0.339 e. The summed E-state index contributed by atoms with van der Waals surface area (Å²) in [5.41, 5.74) is 5.01. The van der Waals surface area contributed by atoms with Crippen LogP contribution in [0.15, 0.2) is 48.5 Å². The fraction of sp³-hybridized carbons (Fsp3) is 0.292. The van der Waals surface area contributed by atoms with E-state index < -0.39 is 12.1 Å². The van der Waals surface area contributed by atoms with E-state index in [-0.39, 0.29) is 5.91 Å². The van der Waals surface area contributed by atoms with E-state index in [0.29, 0.717) is 12.1 Å². The minimum atomic E-state index is -0.873. The average Bonchev–Trinajstić information content (AvgIpc) is 2.72. The number of rotatable bonds is 3. The highest BCUT2D eigenvalue weighted by atomic mass is 16.5. The molecule has 0 radical (unpaired) electrons. The van der Waals surface area contributed by atoms with Gasteiger partial charge in [0.25, 0.3) is 5.91 Å². The van der Waals surface area contributed by atoms with Crippen LogP contribution in [0.3, 0.4) is 0 Å². The Morgan fingerprint density at radius 2 is 1.90 bits per heavy atom. The number of para-hydroxylation sites is 1. The molecule has 0 saturated carbocycles.